The van der Waals surface area contributed by atoms with Crippen LogP contribution < -0.4 is 20.1 Å². The first-order valence-electron chi connectivity index (χ1n) is 10.8. The molecular formula is C26H28N2O3S. The monoisotopic (exact) mass is 448 g/mol. The second-order valence-corrected chi connectivity index (χ2v) is 7.70. The molecule has 166 valence electrons. The molecule has 0 aliphatic rings. The van der Waals surface area contributed by atoms with Crippen molar-refractivity contribution in [1.82, 2.24) is 5.32 Å². The van der Waals surface area contributed by atoms with Gasteiger partial charge in [-0.1, -0.05) is 56.2 Å². The maximum atomic E-state index is 12.5. The molecule has 0 aliphatic heterocycles. The van der Waals surface area contributed by atoms with Crippen LogP contribution in [0.4, 0.5) is 5.69 Å². The molecule has 0 saturated heterocycles. The van der Waals surface area contributed by atoms with Crippen molar-refractivity contribution in [1.29, 1.82) is 0 Å². The zero-order chi connectivity index (χ0) is 22.6. The average Bonchev–Trinajstić information content (AvgIpc) is 2.82. The molecule has 3 aromatic rings. The van der Waals surface area contributed by atoms with E-state index in [9.17, 15) is 4.79 Å². The van der Waals surface area contributed by atoms with Gasteiger partial charge in [0.15, 0.2) is 5.11 Å². The van der Waals surface area contributed by atoms with Crippen LogP contribution >= 0.6 is 12.2 Å². The van der Waals surface area contributed by atoms with E-state index < -0.39 is 0 Å². The van der Waals surface area contributed by atoms with E-state index in [1.807, 2.05) is 54.6 Å². The van der Waals surface area contributed by atoms with Gasteiger partial charge in [0.25, 0.3) is 5.91 Å². The van der Waals surface area contributed by atoms with Gasteiger partial charge in [-0.25, -0.2) is 0 Å². The summed E-state index contributed by atoms with van der Waals surface area (Å²) < 4.78 is 11.5. The van der Waals surface area contributed by atoms with Crippen LogP contribution in [0.2, 0.25) is 0 Å². The summed E-state index contributed by atoms with van der Waals surface area (Å²) in [5.74, 6) is 1.18. The molecule has 0 saturated carbocycles. The molecule has 0 heterocycles. The number of benzene rings is 3. The molecule has 3 aromatic carbocycles. The standard InChI is InChI=1S/C26H28N2O3S/c1-2-3-7-17-30-23-15-13-21(14-16-23)25(29)28-26(32)27-22-11-8-12-24(18-22)31-19-20-9-5-4-6-10-20/h4-6,8-16,18H,2-3,7,17,19H2,1H3,(H2,27,28,29,32). The van der Waals surface area contributed by atoms with Gasteiger partial charge in [-0.2, -0.15) is 0 Å². The quantitative estimate of drug-likeness (QED) is 0.296. The summed E-state index contributed by atoms with van der Waals surface area (Å²) in [5.41, 5.74) is 2.33. The maximum Gasteiger partial charge on any atom is 0.257 e. The molecule has 2 N–H and O–H groups in total. The summed E-state index contributed by atoms with van der Waals surface area (Å²) in [6.45, 7) is 3.31. The summed E-state index contributed by atoms with van der Waals surface area (Å²) in [6, 6.07) is 24.4. The highest BCUT2D eigenvalue weighted by Crippen LogP contribution is 2.19. The molecular weight excluding hydrogens is 420 g/mol. The van der Waals surface area contributed by atoms with Crippen molar-refractivity contribution in [2.75, 3.05) is 11.9 Å². The topological polar surface area (TPSA) is 59.6 Å². The molecule has 32 heavy (non-hydrogen) atoms. The third-order valence-electron chi connectivity index (χ3n) is 4.70. The SMILES string of the molecule is CCCCCOc1ccc(C(=O)NC(=S)Nc2cccc(OCc3ccccc3)c2)cc1. The zero-order valence-electron chi connectivity index (χ0n) is 18.2. The van der Waals surface area contributed by atoms with E-state index in [2.05, 4.69) is 17.6 Å². The van der Waals surface area contributed by atoms with E-state index in [-0.39, 0.29) is 11.0 Å². The fraction of sp³-hybridized carbons (Fsp3) is 0.231. The van der Waals surface area contributed by atoms with Crippen LogP contribution in [0.15, 0.2) is 78.9 Å². The fourth-order valence-corrected chi connectivity index (χ4v) is 3.20. The lowest BCUT2D eigenvalue weighted by atomic mass is 10.2. The van der Waals surface area contributed by atoms with Crippen LogP contribution in [0.3, 0.4) is 0 Å². The third kappa shape index (κ3) is 7.71. The number of hydrogen-bond acceptors (Lipinski definition) is 4. The Morgan fingerprint density at radius 2 is 1.66 bits per heavy atom. The zero-order valence-corrected chi connectivity index (χ0v) is 19.0. The van der Waals surface area contributed by atoms with Crippen molar-refractivity contribution in [3.63, 3.8) is 0 Å². The predicted molar refractivity (Wildman–Crippen MR) is 132 cm³/mol. The Morgan fingerprint density at radius 1 is 0.875 bits per heavy atom. The number of anilines is 1. The molecule has 3 rings (SSSR count). The van der Waals surface area contributed by atoms with Gasteiger partial charge in [0.2, 0.25) is 0 Å². The smallest absolute Gasteiger partial charge is 0.257 e. The van der Waals surface area contributed by atoms with E-state index in [1.165, 1.54) is 0 Å². The molecule has 0 fully saturated rings. The Bertz CT molecular complexity index is 1010. The predicted octanol–water partition coefficient (Wildman–Crippen LogP) is 5.96. The largest absolute Gasteiger partial charge is 0.494 e. The third-order valence-corrected chi connectivity index (χ3v) is 4.90. The lowest BCUT2D eigenvalue weighted by Gasteiger charge is -2.12. The van der Waals surface area contributed by atoms with Crippen molar-refractivity contribution in [2.45, 2.75) is 32.8 Å². The van der Waals surface area contributed by atoms with Crippen molar-refractivity contribution in [3.05, 3.63) is 90.0 Å². The van der Waals surface area contributed by atoms with E-state index in [4.69, 9.17) is 21.7 Å². The average molecular weight is 449 g/mol. The number of carbonyl (C=O) groups is 1. The molecule has 0 radical (unpaired) electrons. The number of amides is 1. The van der Waals surface area contributed by atoms with Gasteiger partial charge < -0.3 is 14.8 Å². The van der Waals surface area contributed by atoms with Gasteiger partial charge in [-0.3, -0.25) is 10.1 Å². The Balaban J connectivity index is 1.48. The van der Waals surface area contributed by atoms with E-state index in [0.717, 1.165) is 36.3 Å². The summed E-state index contributed by atoms with van der Waals surface area (Å²) in [7, 11) is 0. The summed E-state index contributed by atoms with van der Waals surface area (Å²) in [6.07, 6.45) is 3.32. The molecule has 0 unspecified atom stereocenters. The van der Waals surface area contributed by atoms with Crippen LogP contribution in [-0.2, 0) is 6.61 Å². The molecule has 0 aromatic heterocycles. The minimum absolute atomic E-state index is 0.218. The first kappa shape index (κ1) is 23.3. The molecule has 0 bridgehead atoms. The van der Waals surface area contributed by atoms with Gasteiger partial charge in [-0.15, -0.1) is 0 Å². The van der Waals surface area contributed by atoms with Gasteiger partial charge >= 0.3 is 0 Å². The number of nitrogens with one attached hydrogen (secondary N) is 2. The summed E-state index contributed by atoms with van der Waals surface area (Å²) in [4.78, 5) is 12.5. The lowest BCUT2D eigenvalue weighted by Crippen LogP contribution is -2.34. The second-order valence-electron chi connectivity index (χ2n) is 7.29. The van der Waals surface area contributed by atoms with Crippen molar-refractivity contribution >= 4 is 28.9 Å². The lowest BCUT2D eigenvalue weighted by molar-refractivity contribution is 0.0977. The molecule has 0 aliphatic carbocycles. The molecule has 5 nitrogen and oxygen atoms in total. The fourth-order valence-electron chi connectivity index (χ4n) is 2.99. The van der Waals surface area contributed by atoms with E-state index in [0.29, 0.717) is 24.5 Å². The number of hydrogen-bond donors (Lipinski definition) is 2. The number of rotatable bonds is 10. The minimum atomic E-state index is -0.281. The van der Waals surface area contributed by atoms with Crippen LogP contribution in [0.25, 0.3) is 0 Å². The van der Waals surface area contributed by atoms with Crippen LogP contribution in [-0.4, -0.2) is 17.6 Å². The first-order chi connectivity index (χ1) is 15.6. The van der Waals surface area contributed by atoms with Gasteiger partial charge in [0.1, 0.15) is 18.1 Å². The summed E-state index contributed by atoms with van der Waals surface area (Å²) >= 11 is 5.30. The normalized spacial score (nSPS) is 10.3. The Kier molecular flexibility index (Phi) is 9.07. The summed E-state index contributed by atoms with van der Waals surface area (Å²) in [5, 5.41) is 5.95. The van der Waals surface area contributed by atoms with Crippen LogP contribution in [0.5, 0.6) is 11.5 Å². The van der Waals surface area contributed by atoms with Crippen molar-refractivity contribution in [3.8, 4) is 11.5 Å². The Morgan fingerprint density at radius 3 is 2.41 bits per heavy atom. The second kappa shape index (κ2) is 12.5. The minimum Gasteiger partial charge on any atom is -0.494 e. The van der Waals surface area contributed by atoms with E-state index >= 15 is 0 Å². The number of thiocarbonyl (C=S) groups is 1. The molecule has 0 atom stereocenters. The Hall–Kier alpha value is -3.38. The van der Waals surface area contributed by atoms with E-state index in [1.54, 1.807) is 24.3 Å². The highest BCUT2D eigenvalue weighted by atomic mass is 32.1. The maximum absolute atomic E-state index is 12.5. The highest BCUT2D eigenvalue weighted by Gasteiger charge is 2.09. The van der Waals surface area contributed by atoms with Crippen LogP contribution in [0.1, 0.15) is 42.1 Å². The van der Waals surface area contributed by atoms with Gasteiger partial charge in [0, 0.05) is 17.3 Å². The Labute approximate surface area is 194 Å². The highest BCUT2D eigenvalue weighted by molar-refractivity contribution is 7.80. The first-order valence-corrected chi connectivity index (χ1v) is 11.2. The number of carbonyl (C=O) groups excluding carboxylic acids is 1. The van der Waals surface area contributed by atoms with Crippen molar-refractivity contribution in [2.24, 2.45) is 0 Å². The molecule has 6 heteroatoms. The molecule has 0 spiro atoms. The van der Waals surface area contributed by atoms with Crippen molar-refractivity contribution < 1.29 is 14.3 Å². The van der Waals surface area contributed by atoms with Gasteiger partial charge in [0.05, 0.1) is 6.61 Å². The van der Waals surface area contributed by atoms with Crippen LogP contribution in [0, 0.1) is 0 Å². The van der Waals surface area contributed by atoms with Gasteiger partial charge in [-0.05, 0) is 60.6 Å². The number of ether oxygens (including phenoxy) is 2. The molecule has 1 amide bonds. The number of unbranched alkanes of at least 4 members (excludes halogenated alkanes) is 2.